The zero-order chi connectivity index (χ0) is 32.2. The van der Waals surface area contributed by atoms with E-state index in [-0.39, 0.29) is 40.8 Å². The van der Waals surface area contributed by atoms with Gasteiger partial charge >= 0.3 is 5.97 Å². The highest BCUT2D eigenvalue weighted by Gasteiger charge is 2.85. The molecule has 0 aromatic heterocycles. The molecule has 9 nitrogen and oxygen atoms in total. The molecule has 250 valence electrons. The van der Waals surface area contributed by atoms with Gasteiger partial charge in [0.2, 0.25) is 0 Å². The Hall–Kier alpha value is -1.07. The van der Waals surface area contributed by atoms with Crippen LogP contribution in [0.25, 0.3) is 0 Å². The number of ether oxygens (including phenoxy) is 2. The van der Waals surface area contributed by atoms with E-state index in [0.717, 1.165) is 44.9 Å². The minimum Gasteiger partial charge on any atom is -0.478 e. The van der Waals surface area contributed by atoms with Gasteiger partial charge in [0.25, 0.3) is 0 Å². The molecule has 0 aromatic carbocycles. The Kier molecular flexibility index (Phi) is 8.01. The van der Waals surface area contributed by atoms with E-state index in [1.165, 1.54) is 0 Å². The van der Waals surface area contributed by atoms with Crippen LogP contribution in [0.4, 0.5) is 0 Å². The third-order valence-corrected chi connectivity index (χ3v) is 15.1. The molecule has 0 unspecified atom stereocenters. The highest BCUT2D eigenvalue weighted by molar-refractivity contribution is 5.85. The highest BCUT2D eigenvalue weighted by Crippen LogP contribution is 2.89. The van der Waals surface area contributed by atoms with Crippen LogP contribution in [0, 0.1) is 50.7 Å². The SMILES string of the molecule is C/C(=C\CC[C@@H](C)[C@H]1C[C@H](O)[C@@]2(C)[C@H]3CC[C@H]4C(C)(C)[C@@H](O[C@H]5OC[C@@H](O)[C@@H](O)[C@H]5O)CC[C@]45C[C@]35C[C@@H](O)[C@]12C)C(=O)O. The van der Waals surface area contributed by atoms with E-state index in [1.54, 1.807) is 13.0 Å². The second kappa shape index (κ2) is 10.7. The fourth-order valence-electron chi connectivity index (χ4n) is 12.5. The van der Waals surface area contributed by atoms with Crippen molar-refractivity contribution in [2.24, 2.45) is 50.7 Å². The summed E-state index contributed by atoms with van der Waals surface area (Å²) in [5, 5.41) is 64.1. The summed E-state index contributed by atoms with van der Waals surface area (Å²) in [7, 11) is 0. The van der Waals surface area contributed by atoms with Gasteiger partial charge < -0.3 is 40.1 Å². The predicted octanol–water partition coefficient (Wildman–Crippen LogP) is 3.64. The van der Waals surface area contributed by atoms with Crippen LogP contribution >= 0.6 is 0 Å². The first-order valence-corrected chi connectivity index (χ1v) is 17.1. The molecule has 1 aliphatic heterocycles. The topological polar surface area (TPSA) is 157 Å². The number of allylic oxidation sites excluding steroid dienone is 1. The summed E-state index contributed by atoms with van der Waals surface area (Å²) in [6, 6.07) is 0. The van der Waals surface area contributed by atoms with Crippen molar-refractivity contribution in [3.63, 3.8) is 0 Å². The number of carboxylic acid groups (broad SMARTS) is 1. The molecule has 2 spiro atoms. The molecule has 6 fully saturated rings. The number of rotatable bonds is 7. The first-order valence-electron chi connectivity index (χ1n) is 17.1. The molecule has 1 saturated heterocycles. The monoisotopic (exact) mass is 620 g/mol. The molecule has 6 rings (SSSR count). The van der Waals surface area contributed by atoms with E-state index >= 15 is 0 Å². The van der Waals surface area contributed by atoms with Gasteiger partial charge in [-0.1, -0.05) is 40.7 Å². The Morgan fingerprint density at radius 1 is 0.955 bits per heavy atom. The smallest absolute Gasteiger partial charge is 0.330 e. The Balaban J connectivity index is 1.22. The van der Waals surface area contributed by atoms with E-state index in [0.29, 0.717) is 30.3 Å². The predicted molar refractivity (Wildman–Crippen MR) is 162 cm³/mol. The van der Waals surface area contributed by atoms with Crippen molar-refractivity contribution in [2.45, 2.75) is 142 Å². The quantitative estimate of drug-likeness (QED) is 0.185. The van der Waals surface area contributed by atoms with Crippen LogP contribution in [0.15, 0.2) is 11.6 Å². The molecule has 5 aliphatic carbocycles. The maximum atomic E-state index is 12.2. The van der Waals surface area contributed by atoms with Gasteiger partial charge in [-0.25, -0.2) is 4.79 Å². The summed E-state index contributed by atoms with van der Waals surface area (Å²) in [5.41, 5.74) is -0.658. The lowest BCUT2D eigenvalue weighted by Crippen LogP contribution is -2.64. The summed E-state index contributed by atoms with van der Waals surface area (Å²) < 4.78 is 12.0. The lowest BCUT2D eigenvalue weighted by atomic mass is 9.40. The highest BCUT2D eigenvalue weighted by atomic mass is 16.7. The van der Waals surface area contributed by atoms with Gasteiger partial charge in [0.15, 0.2) is 6.29 Å². The van der Waals surface area contributed by atoms with Crippen molar-refractivity contribution < 1.29 is 44.9 Å². The van der Waals surface area contributed by atoms with Gasteiger partial charge in [-0.2, -0.15) is 0 Å². The van der Waals surface area contributed by atoms with Crippen molar-refractivity contribution in [1.82, 2.24) is 0 Å². The Bertz CT molecular complexity index is 1170. The number of carbonyl (C=O) groups is 1. The number of hydrogen-bond donors (Lipinski definition) is 6. The molecule has 0 radical (unpaired) electrons. The van der Waals surface area contributed by atoms with Crippen molar-refractivity contribution in [2.75, 3.05) is 6.61 Å². The summed E-state index contributed by atoms with van der Waals surface area (Å²) >= 11 is 0. The lowest BCUT2D eigenvalue weighted by molar-refractivity contribution is -0.304. The molecule has 1 heterocycles. The van der Waals surface area contributed by atoms with Crippen LogP contribution in [0.1, 0.15) is 99.3 Å². The van der Waals surface area contributed by atoms with Crippen LogP contribution < -0.4 is 0 Å². The first-order chi connectivity index (χ1) is 20.5. The number of aliphatic hydroxyl groups excluding tert-OH is 5. The molecular weight excluding hydrogens is 564 g/mol. The average molecular weight is 621 g/mol. The molecule has 0 amide bonds. The lowest BCUT2D eigenvalue weighted by Gasteiger charge is -2.65. The molecule has 15 atom stereocenters. The number of carboxylic acids is 1. The van der Waals surface area contributed by atoms with Gasteiger partial charge in [0.1, 0.15) is 18.3 Å². The van der Waals surface area contributed by atoms with Crippen molar-refractivity contribution >= 4 is 5.97 Å². The second-order valence-corrected chi connectivity index (χ2v) is 16.8. The van der Waals surface area contributed by atoms with Crippen LogP contribution in [0.2, 0.25) is 0 Å². The van der Waals surface area contributed by atoms with Crippen molar-refractivity contribution in [3.8, 4) is 0 Å². The number of aliphatic hydroxyl groups is 5. The number of hydrogen-bond acceptors (Lipinski definition) is 8. The molecule has 0 aromatic rings. The fraction of sp³-hybridized carbons (Fsp3) is 0.914. The molecule has 44 heavy (non-hydrogen) atoms. The third kappa shape index (κ3) is 4.25. The van der Waals surface area contributed by atoms with Gasteiger partial charge in [-0.15, -0.1) is 0 Å². The zero-order valence-corrected chi connectivity index (χ0v) is 27.4. The molecule has 5 saturated carbocycles. The Labute approximate surface area is 262 Å². The largest absolute Gasteiger partial charge is 0.478 e. The fourth-order valence-corrected chi connectivity index (χ4v) is 12.5. The van der Waals surface area contributed by atoms with Gasteiger partial charge in [0, 0.05) is 16.4 Å². The number of aliphatic carboxylic acids is 1. The van der Waals surface area contributed by atoms with E-state index in [2.05, 4.69) is 34.6 Å². The zero-order valence-electron chi connectivity index (χ0n) is 27.4. The van der Waals surface area contributed by atoms with Gasteiger partial charge in [-0.05, 0) is 105 Å². The summed E-state index contributed by atoms with van der Waals surface area (Å²) in [4.78, 5) is 11.3. The average Bonchev–Trinajstić information content (AvgIpc) is 3.56. The van der Waals surface area contributed by atoms with E-state index in [1.807, 2.05) is 0 Å². The minimum atomic E-state index is -1.31. The molecule has 9 heteroatoms. The first kappa shape index (κ1) is 32.9. The van der Waals surface area contributed by atoms with E-state index in [9.17, 15) is 35.4 Å². The van der Waals surface area contributed by atoms with Crippen LogP contribution in [0.3, 0.4) is 0 Å². The maximum absolute atomic E-state index is 12.2. The van der Waals surface area contributed by atoms with E-state index in [4.69, 9.17) is 9.47 Å². The Morgan fingerprint density at radius 2 is 1.64 bits per heavy atom. The molecular formula is C35H56O9. The minimum absolute atomic E-state index is 0.0204. The van der Waals surface area contributed by atoms with E-state index < -0.39 is 53.6 Å². The third-order valence-electron chi connectivity index (χ3n) is 15.1. The van der Waals surface area contributed by atoms with Gasteiger partial charge in [-0.3, -0.25) is 0 Å². The normalized spacial score (nSPS) is 53.6. The molecule has 0 bridgehead atoms. The van der Waals surface area contributed by atoms with Crippen LogP contribution in [-0.4, -0.2) is 86.1 Å². The van der Waals surface area contributed by atoms with Crippen LogP contribution in [-0.2, 0) is 14.3 Å². The standard InChI is InChI=1S/C35H56O9/c1-18(8-7-9-19(2)29(41)42)20-14-24(37)33(6)23-11-10-22-31(3,4)26(44-30-28(40)27(39)21(36)16-43-30)12-13-34(22)17-35(23,34)15-25(38)32(20,33)5/h9,18,20-28,30,36-40H,7-8,10-17H2,1-6H3,(H,41,42)/b19-9+/t18-,20-,21-,22+,23-,24+,25-,26+,27-,28-,30-,32+,33-,34+,35-/m1/s1. The second-order valence-electron chi connectivity index (χ2n) is 16.8. The summed E-state index contributed by atoms with van der Waals surface area (Å²) in [5.74, 6) is 0.175. The molecule has 6 aliphatic rings. The summed E-state index contributed by atoms with van der Waals surface area (Å²) in [6.07, 6.45) is 3.61. The van der Waals surface area contributed by atoms with Crippen molar-refractivity contribution in [3.05, 3.63) is 11.6 Å². The van der Waals surface area contributed by atoms with Crippen molar-refractivity contribution in [1.29, 1.82) is 0 Å². The Morgan fingerprint density at radius 3 is 2.32 bits per heavy atom. The van der Waals surface area contributed by atoms with Crippen LogP contribution in [0.5, 0.6) is 0 Å². The number of fused-ring (bicyclic) bond motifs is 2. The maximum Gasteiger partial charge on any atom is 0.330 e. The summed E-state index contributed by atoms with van der Waals surface area (Å²) in [6.45, 7) is 12.8. The molecule has 6 N–H and O–H groups in total. The van der Waals surface area contributed by atoms with Gasteiger partial charge in [0.05, 0.1) is 24.9 Å².